The third-order valence-corrected chi connectivity index (χ3v) is 6.09. The Morgan fingerprint density at radius 2 is 2.04 bits per heavy atom. The molecule has 126 valence electrons. The van der Waals surface area contributed by atoms with Gasteiger partial charge in [-0.2, -0.15) is 0 Å². The molecule has 5 nitrogen and oxygen atoms in total. The number of hydrogen-bond donors (Lipinski definition) is 1. The number of sulfone groups is 1. The molecule has 1 aromatic carbocycles. The SMILES string of the molecule is O=S(=O)(Cc1coc(-c2cccs2)n1)C[C@@H](O)c1ccccc1Cl. The molecule has 0 radical (unpaired) electrons. The highest BCUT2D eigenvalue weighted by atomic mass is 35.5. The molecule has 0 fully saturated rings. The normalized spacial score (nSPS) is 13.1. The summed E-state index contributed by atoms with van der Waals surface area (Å²) in [5, 5.41) is 12.4. The van der Waals surface area contributed by atoms with Crippen LogP contribution in [0.5, 0.6) is 0 Å². The number of halogens is 1. The minimum Gasteiger partial charge on any atom is -0.444 e. The van der Waals surface area contributed by atoms with Crippen LogP contribution >= 0.6 is 22.9 Å². The summed E-state index contributed by atoms with van der Waals surface area (Å²) in [5.74, 6) is -0.344. The Labute approximate surface area is 148 Å². The van der Waals surface area contributed by atoms with Gasteiger partial charge in [0, 0.05) is 10.6 Å². The highest BCUT2D eigenvalue weighted by molar-refractivity contribution is 7.90. The highest BCUT2D eigenvalue weighted by Gasteiger charge is 2.22. The number of rotatable bonds is 6. The van der Waals surface area contributed by atoms with Crippen LogP contribution < -0.4 is 0 Å². The highest BCUT2D eigenvalue weighted by Crippen LogP contribution is 2.26. The van der Waals surface area contributed by atoms with E-state index in [1.807, 2.05) is 17.5 Å². The fraction of sp³-hybridized carbons (Fsp3) is 0.188. The number of benzene rings is 1. The van der Waals surface area contributed by atoms with E-state index >= 15 is 0 Å². The van der Waals surface area contributed by atoms with Crippen LogP contribution in [0.1, 0.15) is 17.4 Å². The molecule has 1 N–H and O–H groups in total. The Hall–Kier alpha value is -1.67. The zero-order valence-electron chi connectivity index (χ0n) is 12.4. The summed E-state index contributed by atoms with van der Waals surface area (Å²) in [5.41, 5.74) is 0.701. The first kappa shape index (κ1) is 17.2. The van der Waals surface area contributed by atoms with Crippen LogP contribution in [0.4, 0.5) is 0 Å². The van der Waals surface area contributed by atoms with Gasteiger partial charge in [0.1, 0.15) is 6.26 Å². The van der Waals surface area contributed by atoms with E-state index in [1.54, 1.807) is 24.3 Å². The second kappa shape index (κ2) is 7.06. The van der Waals surface area contributed by atoms with Gasteiger partial charge in [0.25, 0.3) is 0 Å². The number of nitrogens with zero attached hydrogens (tertiary/aromatic N) is 1. The first-order valence-electron chi connectivity index (χ1n) is 7.06. The minimum absolute atomic E-state index is 0.302. The molecule has 8 heteroatoms. The van der Waals surface area contributed by atoms with E-state index in [9.17, 15) is 13.5 Å². The van der Waals surface area contributed by atoms with Crippen molar-refractivity contribution in [2.45, 2.75) is 11.9 Å². The molecule has 0 bridgehead atoms. The molecular weight excluding hydrogens is 370 g/mol. The summed E-state index contributed by atoms with van der Waals surface area (Å²) in [4.78, 5) is 5.02. The van der Waals surface area contributed by atoms with Gasteiger partial charge in [0.2, 0.25) is 5.89 Å². The average molecular weight is 384 g/mol. The predicted octanol–water partition coefficient (Wildman–Crippen LogP) is 3.70. The van der Waals surface area contributed by atoms with Crippen LogP contribution in [0.3, 0.4) is 0 Å². The van der Waals surface area contributed by atoms with Crippen LogP contribution in [-0.2, 0) is 15.6 Å². The van der Waals surface area contributed by atoms with Gasteiger partial charge in [0.05, 0.1) is 28.2 Å². The third kappa shape index (κ3) is 4.05. The first-order valence-corrected chi connectivity index (χ1v) is 10.1. The van der Waals surface area contributed by atoms with E-state index in [0.717, 1.165) is 4.88 Å². The topological polar surface area (TPSA) is 80.4 Å². The molecule has 0 aliphatic heterocycles. The van der Waals surface area contributed by atoms with E-state index in [0.29, 0.717) is 22.2 Å². The smallest absolute Gasteiger partial charge is 0.236 e. The maximum Gasteiger partial charge on any atom is 0.236 e. The molecule has 3 aromatic rings. The lowest BCUT2D eigenvalue weighted by Crippen LogP contribution is -2.16. The van der Waals surface area contributed by atoms with Crippen LogP contribution in [0, 0.1) is 0 Å². The second-order valence-electron chi connectivity index (χ2n) is 5.21. The van der Waals surface area contributed by atoms with Gasteiger partial charge in [-0.15, -0.1) is 11.3 Å². The molecule has 0 saturated heterocycles. The van der Waals surface area contributed by atoms with Gasteiger partial charge in [0.15, 0.2) is 9.84 Å². The van der Waals surface area contributed by atoms with Crippen molar-refractivity contribution in [3.05, 3.63) is 64.3 Å². The number of aliphatic hydroxyl groups excluding tert-OH is 1. The Kier molecular flexibility index (Phi) is 5.05. The van der Waals surface area contributed by atoms with Gasteiger partial charge >= 0.3 is 0 Å². The van der Waals surface area contributed by atoms with Crippen molar-refractivity contribution in [3.8, 4) is 10.8 Å². The molecular formula is C16H14ClNO4S2. The number of aromatic nitrogens is 1. The van der Waals surface area contributed by atoms with Gasteiger partial charge in [-0.3, -0.25) is 0 Å². The lowest BCUT2D eigenvalue weighted by molar-refractivity contribution is 0.201. The van der Waals surface area contributed by atoms with Crippen LogP contribution in [0.15, 0.2) is 52.5 Å². The summed E-state index contributed by atoms with van der Waals surface area (Å²) in [6.07, 6.45) is 0.140. The molecule has 0 saturated carbocycles. The molecule has 1 atom stereocenters. The Morgan fingerprint density at radius 1 is 1.25 bits per heavy atom. The maximum absolute atomic E-state index is 12.3. The van der Waals surface area contributed by atoms with Gasteiger partial charge in [-0.1, -0.05) is 35.9 Å². The third-order valence-electron chi connectivity index (χ3n) is 3.33. The fourth-order valence-corrected chi connectivity index (χ4v) is 4.53. The Balaban J connectivity index is 1.71. The molecule has 2 heterocycles. The monoisotopic (exact) mass is 383 g/mol. The Bertz CT molecular complexity index is 919. The van der Waals surface area contributed by atoms with Gasteiger partial charge in [-0.25, -0.2) is 13.4 Å². The summed E-state index contributed by atoms with van der Waals surface area (Å²) < 4.78 is 29.9. The number of thiophene rings is 1. The van der Waals surface area contributed by atoms with Crippen LogP contribution in [0.2, 0.25) is 5.02 Å². The van der Waals surface area contributed by atoms with Crippen molar-refractivity contribution in [1.29, 1.82) is 0 Å². The Morgan fingerprint density at radius 3 is 2.75 bits per heavy atom. The van der Waals surface area contributed by atoms with Gasteiger partial charge in [-0.05, 0) is 17.5 Å². The molecule has 0 unspecified atom stereocenters. The van der Waals surface area contributed by atoms with Crippen LogP contribution in [-0.4, -0.2) is 24.3 Å². The number of hydrogen-bond acceptors (Lipinski definition) is 6. The largest absolute Gasteiger partial charge is 0.444 e. The summed E-state index contributed by atoms with van der Waals surface area (Å²) >= 11 is 7.44. The zero-order valence-corrected chi connectivity index (χ0v) is 14.8. The van der Waals surface area contributed by atoms with Crippen molar-refractivity contribution >= 4 is 32.8 Å². The molecule has 0 spiro atoms. The summed E-state index contributed by atoms with van der Waals surface area (Å²) in [7, 11) is -3.58. The van der Waals surface area contributed by atoms with Gasteiger partial charge < -0.3 is 9.52 Å². The second-order valence-corrected chi connectivity index (χ2v) is 8.68. The van der Waals surface area contributed by atoms with Crippen molar-refractivity contribution in [1.82, 2.24) is 4.98 Å². The minimum atomic E-state index is -3.58. The van der Waals surface area contributed by atoms with E-state index in [2.05, 4.69) is 4.98 Å². The van der Waals surface area contributed by atoms with Crippen molar-refractivity contribution < 1.29 is 17.9 Å². The van der Waals surface area contributed by atoms with E-state index in [-0.39, 0.29) is 5.75 Å². The number of aliphatic hydroxyl groups is 1. The quantitative estimate of drug-likeness (QED) is 0.701. The lowest BCUT2D eigenvalue weighted by Gasteiger charge is -2.12. The molecule has 0 amide bonds. The van der Waals surface area contributed by atoms with Crippen molar-refractivity contribution in [3.63, 3.8) is 0 Å². The fourth-order valence-electron chi connectivity index (χ4n) is 2.25. The molecule has 2 aromatic heterocycles. The lowest BCUT2D eigenvalue weighted by atomic mass is 10.1. The predicted molar refractivity (Wildman–Crippen MR) is 93.7 cm³/mol. The maximum atomic E-state index is 12.3. The van der Waals surface area contributed by atoms with Crippen LogP contribution in [0.25, 0.3) is 10.8 Å². The zero-order chi connectivity index (χ0) is 17.2. The molecule has 24 heavy (non-hydrogen) atoms. The number of oxazole rings is 1. The van der Waals surface area contributed by atoms with E-state index in [4.69, 9.17) is 16.0 Å². The van der Waals surface area contributed by atoms with Crippen molar-refractivity contribution in [2.24, 2.45) is 0 Å². The first-order chi connectivity index (χ1) is 11.4. The molecule has 3 rings (SSSR count). The van der Waals surface area contributed by atoms with E-state index < -0.39 is 21.7 Å². The molecule has 0 aliphatic rings. The summed E-state index contributed by atoms with van der Waals surface area (Å²) in [6, 6.07) is 10.3. The standard InChI is InChI=1S/C16H14ClNO4S2/c17-13-5-2-1-4-12(13)14(19)10-24(20,21)9-11-8-22-16(18-11)15-6-3-7-23-15/h1-8,14,19H,9-10H2/t14-/m1/s1. The molecule has 0 aliphatic carbocycles. The van der Waals surface area contributed by atoms with E-state index in [1.165, 1.54) is 17.6 Å². The summed E-state index contributed by atoms with van der Waals surface area (Å²) in [6.45, 7) is 0. The average Bonchev–Trinajstić information content (AvgIpc) is 3.17. The van der Waals surface area contributed by atoms with Crippen molar-refractivity contribution in [2.75, 3.05) is 5.75 Å².